The Morgan fingerprint density at radius 3 is 1.87 bits per heavy atom. The molecule has 1 amide bonds. The molecule has 0 atom stereocenters. The summed E-state index contributed by atoms with van der Waals surface area (Å²) in [6.07, 6.45) is 0. The molecule has 0 aromatic heterocycles. The molecule has 1 aliphatic rings. The molecule has 0 radical (unpaired) electrons. The van der Waals surface area contributed by atoms with Gasteiger partial charge in [-0.25, -0.2) is 8.42 Å². The third-order valence-electron chi connectivity index (χ3n) is 5.19. The fourth-order valence-corrected chi connectivity index (χ4v) is 5.57. The second kappa shape index (κ2) is 8.95. The van der Waals surface area contributed by atoms with Crippen LogP contribution in [-0.2, 0) is 20.2 Å². The average Bonchev–Trinajstić information content (AvgIpc) is 2.78. The van der Waals surface area contributed by atoms with Gasteiger partial charge in [0.1, 0.15) is 0 Å². The van der Waals surface area contributed by atoms with Crippen LogP contribution in [0.1, 0.15) is 10.4 Å². The van der Waals surface area contributed by atoms with Crippen LogP contribution in [0, 0.1) is 0 Å². The first-order valence-electron chi connectivity index (χ1n) is 9.66. The van der Waals surface area contributed by atoms with Gasteiger partial charge >= 0.3 is 10.2 Å². The van der Waals surface area contributed by atoms with Crippen LogP contribution in [-0.4, -0.2) is 83.6 Å². The molecule has 3 rings (SSSR count). The lowest BCUT2D eigenvalue weighted by molar-refractivity contribution is 0.0698. The molecule has 11 heteroatoms. The normalized spacial score (nSPS) is 15.8. The Hall–Kier alpha value is -2.47. The van der Waals surface area contributed by atoms with Gasteiger partial charge in [0.25, 0.3) is 5.91 Å². The summed E-state index contributed by atoms with van der Waals surface area (Å²) in [4.78, 5) is 14.7. The lowest BCUT2D eigenvalue weighted by Gasteiger charge is -2.34. The summed E-state index contributed by atoms with van der Waals surface area (Å²) >= 11 is 0. The third kappa shape index (κ3) is 4.74. The summed E-state index contributed by atoms with van der Waals surface area (Å²) in [5.74, 6) is -0.221. The summed E-state index contributed by atoms with van der Waals surface area (Å²) in [6.45, 7) is 0.985. The molecule has 0 spiro atoms. The minimum atomic E-state index is -3.62. The number of hydrogen-bond donors (Lipinski definition) is 0. The van der Waals surface area contributed by atoms with E-state index in [-0.39, 0.29) is 37.0 Å². The second-order valence-electron chi connectivity index (χ2n) is 7.31. The Labute approximate surface area is 183 Å². The zero-order valence-corrected chi connectivity index (χ0v) is 19.3. The number of carbonyl (C=O) groups excluding carboxylic acids is 1. The molecule has 0 aliphatic carbocycles. The third-order valence-corrected chi connectivity index (χ3v) is 8.93. The van der Waals surface area contributed by atoms with Crippen molar-refractivity contribution in [1.29, 1.82) is 0 Å². The maximum atomic E-state index is 12.8. The van der Waals surface area contributed by atoms with Crippen molar-refractivity contribution in [3.8, 4) is 0 Å². The molecule has 1 saturated heterocycles. The van der Waals surface area contributed by atoms with Crippen LogP contribution < -0.4 is 4.31 Å². The van der Waals surface area contributed by atoms with Crippen molar-refractivity contribution in [3.63, 3.8) is 0 Å². The van der Waals surface area contributed by atoms with Gasteiger partial charge in [0, 0.05) is 52.9 Å². The number of hydrogen-bond acceptors (Lipinski definition) is 5. The highest BCUT2D eigenvalue weighted by atomic mass is 32.2. The second-order valence-corrected chi connectivity index (χ2v) is 11.4. The van der Waals surface area contributed by atoms with Crippen molar-refractivity contribution in [2.24, 2.45) is 0 Å². The smallest absolute Gasteiger partial charge is 0.303 e. The van der Waals surface area contributed by atoms with Gasteiger partial charge in [0.2, 0.25) is 10.0 Å². The summed E-state index contributed by atoms with van der Waals surface area (Å²) in [6, 6.07) is 14.5. The number of carbonyl (C=O) groups is 1. The van der Waals surface area contributed by atoms with E-state index in [4.69, 9.17) is 0 Å². The van der Waals surface area contributed by atoms with Crippen molar-refractivity contribution in [2.75, 3.05) is 51.6 Å². The molecule has 9 nitrogen and oxygen atoms in total. The summed E-state index contributed by atoms with van der Waals surface area (Å²) in [5, 5.41) is 0. The summed E-state index contributed by atoms with van der Waals surface area (Å²) < 4.78 is 53.6. The van der Waals surface area contributed by atoms with Crippen LogP contribution in [0.3, 0.4) is 0 Å². The van der Waals surface area contributed by atoms with Gasteiger partial charge in [-0.3, -0.25) is 9.10 Å². The van der Waals surface area contributed by atoms with Gasteiger partial charge in [-0.2, -0.15) is 17.0 Å². The number of benzene rings is 2. The molecule has 0 bridgehead atoms. The lowest BCUT2D eigenvalue weighted by atomic mass is 10.1. The maximum absolute atomic E-state index is 12.8. The average molecular weight is 467 g/mol. The number of rotatable bonds is 6. The highest BCUT2D eigenvalue weighted by molar-refractivity contribution is 7.90. The number of amides is 1. The van der Waals surface area contributed by atoms with Gasteiger partial charge in [-0.1, -0.05) is 18.2 Å². The topological polar surface area (TPSA) is 98.3 Å². The van der Waals surface area contributed by atoms with Crippen LogP contribution in [0.4, 0.5) is 5.69 Å². The molecule has 1 fully saturated rings. The summed E-state index contributed by atoms with van der Waals surface area (Å²) in [7, 11) is -2.87. The number of piperazine rings is 1. The van der Waals surface area contributed by atoms with Crippen LogP contribution in [0.5, 0.6) is 0 Å². The summed E-state index contributed by atoms with van der Waals surface area (Å²) in [5.41, 5.74) is 0.850. The molecule has 0 N–H and O–H groups in total. The highest BCUT2D eigenvalue weighted by Gasteiger charge is 2.30. The van der Waals surface area contributed by atoms with Crippen molar-refractivity contribution in [3.05, 3.63) is 60.2 Å². The predicted molar refractivity (Wildman–Crippen MR) is 119 cm³/mol. The van der Waals surface area contributed by atoms with Crippen LogP contribution in [0.25, 0.3) is 0 Å². The molecule has 31 heavy (non-hydrogen) atoms. The van der Waals surface area contributed by atoms with E-state index < -0.39 is 20.2 Å². The first kappa shape index (κ1) is 23.2. The lowest BCUT2D eigenvalue weighted by Crippen LogP contribution is -2.50. The van der Waals surface area contributed by atoms with E-state index in [2.05, 4.69) is 0 Å². The van der Waals surface area contributed by atoms with E-state index in [1.165, 1.54) is 25.4 Å². The van der Waals surface area contributed by atoms with Crippen LogP contribution in [0.2, 0.25) is 0 Å². The number of nitrogens with zero attached hydrogens (tertiary/aromatic N) is 4. The first-order valence-corrected chi connectivity index (χ1v) is 12.5. The van der Waals surface area contributed by atoms with E-state index in [0.717, 1.165) is 8.61 Å². The fourth-order valence-electron chi connectivity index (χ4n) is 3.25. The predicted octanol–water partition coefficient (Wildman–Crippen LogP) is 1.08. The fraction of sp³-hybridized carbons (Fsp3) is 0.350. The molecular weight excluding hydrogens is 440 g/mol. The zero-order chi connectivity index (χ0) is 22.8. The minimum absolute atomic E-state index is 0.213. The largest absolute Gasteiger partial charge is 0.336 e. The van der Waals surface area contributed by atoms with Gasteiger partial charge in [-0.05, 0) is 36.4 Å². The quantitative estimate of drug-likeness (QED) is 0.634. The van der Waals surface area contributed by atoms with Gasteiger partial charge < -0.3 is 4.90 Å². The molecule has 0 saturated carbocycles. The standard InChI is InChI=1S/C20H26N4O5S2/c1-21(2)31(28,29)22(3)18-11-9-17(10-12-18)20(25)23-13-15-24(16-14-23)30(26,27)19-7-5-4-6-8-19/h4-12H,13-16H2,1-3H3. The van der Waals surface area contributed by atoms with Gasteiger partial charge in [0.05, 0.1) is 10.6 Å². The Bertz CT molecular complexity index is 1130. The maximum Gasteiger partial charge on any atom is 0.303 e. The van der Waals surface area contributed by atoms with Crippen molar-refractivity contribution in [2.45, 2.75) is 4.90 Å². The van der Waals surface area contributed by atoms with Crippen LogP contribution >= 0.6 is 0 Å². The Morgan fingerprint density at radius 1 is 0.806 bits per heavy atom. The monoisotopic (exact) mass is 466 g/mol. The SMILES string of the molecule is CN(C)S(=O)(=O)N(C)c1ccc(C(=O)N2CCN(S(=O)(=O)c3ccccc3)CC2)cc1. The molecule has 2 aromatic carbocycles. The number of sulfonamides is 1. The van der Waals surface area contributed by atoms with Crippen molar-refractivity contribution >= 4 is 31.8 Å². The molecule has 0 unspecified atom stereocenters. The van der Waals surface area contributed by atoms with Gasteiger partial charge in [0.15, 0.2) is 0 Å². The number of anilines is 1. The van der Waals surface area contributed by atoms with E-state index >= 15 is 0 Å². The first-order chi connectivity index (χ1) is 14.5. The molecule has 1 aliphatic heterocycles. The zero-order valence-electron chi connectivity index (χ0n) is 17.7. The molecule has 1 heterocycles. The van der Waals surface area contributed by atoms with E-state index in [1.807, 2.05) is 0 Å². The molecule has 168 valence electrons. The minimum Gasteiger partial charge on any atom is -0.336 e. The van der Waals surface area contributed by atoms with E-state index in [9.17, 15) is 21.6 Å². The molecule has 2 aromatic rings. The van der Waals surface area contributed by atoms with Gasteiger partial charge in [-0.15, -0.1) is 0 Å². The van der Waals surface area contributed by atoms with E-state index in [0.29, 0.717) is 11.3 Å². The van der Waals surface area contributed by atoms with E-state index in [1.54, 1.807) is 59.5 Å². The van der Waals surface area contributed by atoms with Crippen LogP contribution in [0.15, 0.2) is 59.5 Å². The Balaban J connectivity index is 1.66. The Morgan fingerprint density at radius 2 is 1.35 bits per heavy atom. The molecular formula is C20H26N4O5S2. The van der Waals surface area contributed by atoms with Crippen molar-refractivity contribution < 1.29 is 21.6 Å². The highest BCUT2D eigenvalue weighted by Crippen LogP contribution is 2.21. The Kier molecular flexibility index (Phi) is 6.70. The van der Waals surface area contributed by atoms with Crippen molar-refractivity contribution in [1.82, 2.24) is 13.5 Å².